The number of aromatic nitrogens is 1. The lowest BCUT2D eigenvalue weighted by molar-refractivity contribution is 0.568. The molecule has 0 fully saturated rings. The second-order valence-electron chi connectivity index (χ2n) is 3.05. The Morgan fingerprint density at radius 2 is 1.94 bits per heavy atom. The van der Waals surface area contributed by atoms with Crippen molar-refractivity contribution in [1.82, 2.24) is 4.98 Å². The molecule has 16 heavy (non-hydrogen) atoms. The van der Waals surface area contributed by atoms with E-state index < -0.39 is 9.84 Å². The number of oxazole rings is 1. The molecular formula is C10H10N2O3S. The summed E-state index contributed by atoms with van der Waals surface area (Å²) in [6.07, 6.45) is 1.10. The highest BCUT2D eigenvalue weighted by atomic mass is 32.2. The highest BCUT2D eigenvalue weighted by Gasteiger charge is 2.24. The van der Waals surface area contributed by atoms with Crippen molar-refractivity contribution in [1.29, 1.82) is 0 Å². The van der Waals surface area contributed by atoms with Gasteiger partial charge in [0.1, 0.15) is 0 Å². The van der Waals surface area contributed by atoms with Gasteiger partial charge in [-0.3, -0.25) is 0 Å². The van der Waals surface area contributed by atoms with Gasteiger partial charge in [-0.05, 0) is 12.1 Å². The number of benzene rings is 1. The van der Waals surface area contributed by atoms with E-state index in [0.29, 0.717) is 0 Å². The van der Waals surface area contributed by atoms with Crippen LogP contribution in [0.3, 0.4) is 0 Å². The van der Waals surface area contributed by atoms with Crippen molar-refractivity contribution >= 4 is 15.7 Å². The van der Waals surface area contributed by atoms with Gasteiger partial charge < -0.3 is 9.73 Å². The topological polar surface area (TPSA) is 72.2 Å². The minimum absolute atomic E-state index is 0.0961. The van der Waals surface area contributed by atoms with Gasteiger partial charge in [0.15, 0.2) is 6.39 Å². The van der Waals surface area contributed by atoms with Crippen LogP contribution in [0.4, 0.5) is 5.88 Å². The van der Waals surface area contributed by atoms with Crippen LogP contribution >= 0.6 is 0 Å². The van der Waals surface area contributed by atoms with Crippen molar-refractivity contribution in [2.24, 2.45) is 0 Å². The standard InChI is InChI=1S/C10H10N2O3S/c1-11-9-10(12-7-15-9)16(13,14)8-5-3-2-4-6-8/h2-7,11H,1H3. The molecule has 0 saturated heterocycles. The summed E-state index contributed by atoms with van der Waals surface area (Å²) >= 11 is 0. The maximum atomic E-state index is 12.1. The molecule has 5 nitrogen and oxygen atoms in total. The van der Waals surface area contributed by atoms with E-state index in [1.807, 2.05) is 0 Å². The van der Waals surface area contributed by atoms with Gasteiger partial charge in [-0.25, -0.2) is 13.4 Å². The molecule has 0 atom stereocenters. The molecule has 0 unspecified atom stereocenters. The molecule has 0 aliphatic heterocycles. The van der Waals surface area contributed by atoms with E-state index in [0.717, 1.165) is 6.39 Å². The van der Waals surface area contributed by atoms with Crippen LogP contribution in [0.25, 0.3) is 0 Å². The Bertz CT molecular complexity index is 575. The third-order valence-corrected chi connectivity index (χ3v) is 3.76. The van der Waals surface area contributed by atoms with Crippen LogP contribution in [0.5, 0.6) is 0 Å². The Labute approximate surface area is 93.0 Å². The molecule has 0 spiro atoms. The fraction of sp³-hybridized carbons (Fsp3) is 0.100. The third kappa shape index (κ3) is 1.67. The van der Waals surface area contributed by atoms with Gasteiger partial charge in [0.25, 0.3) is 0 Å². The largest absolute Gasteiger partial charge is 0.427 e. The van der Waals surface area contributed by atoms with Crippen molar-refractivity contribution in [3.05, 3.63) is 36.7 Å². The minimum Gasteiger partial charge on any atom is -0.427 e. The van der Waals surface area contributed by atoms with E-state index in [1.165, 1.54) is 12.1 Å². The van der Waals surface area contributed by atoms with Crippen LogP contribution < -0.4 is 5.32 Å². The summed E-state index contributed by atoms with van der Waals surface area (Å²) in [5.41, 5.74) is 0. The smallest absolute Gasteiger partial charge is 0.232 e. The molecule has 1 N–H and O–H groups in total. The lowest BCUT2D eigenvalue weighted by Gasteiger charge is -2.02. The molecule has 2 rings (SSSR count). The lowest BCUT2D eigenvalue weighted by Crippen LogP contribution is -2.05. The summed E-state index contributed by atoms with van der Waals surface area (Å²) < 4.78 is 29.1. The Hall–Kier alpha value is -1.82. The SMILES string of the molecule is CNc1ocnc1S(=O)(=O)c1ccccc1. The van der Waals surface area contributed by atoms with Gasteiger partial charge in [0.2, 0.25) is 20.7 Å². The van der Waals surface area contributed by atoms with Crippen LogP contribution in [0.1, 0.15) is 0 Å². The molecule has 84 valence electrons. The molecular weight excluding hydrogens is 228 g/mol. The quantitative estimate of drug-likeness (QED) is 0.878. The van der Waals surface area contributed by atoms with Crippen LogP contribution in [-0.4, -0.2) is 20.4 Å². The average Bonchev–Trinajstić information content (AvgIpc) is 2.79. The van der Waals surface area contributed by atoms with Crippen molar-refractivity contribution in [2.45, 2.75) is 9.92 Å². The monoisotopic (exact) mass is 238 g/mol. The summed E-state index contributed by atoms with van der Waals surface area (Å²) in [6.45, 7) is 0. The zero-order valence-electron chi connectivity index (χ0n) is 8.54. The number of nitrogens with zero attached hydrogens (tertiary/aromatic N) is 1. The normalized spacial score (nSPS) is 11.3. The minimum atomic E-state index is -3.61. The summed E-state index contributed by atoms with van der Waals surface area (Å²) in [6, 6.07) is 8.10. The molecule has 2 aromatic rings. The zero-order chi connectivity index (χ0) is 11.6. The molecule has 0 saturated carbocycles. The van der Waals surface area contributed by atoms with E-state index in [9.17, 15) is 8.42 Å². The zero-order valence-corrected chi connectivity index (χ0v) is 9.36. The fourth-order valence-corrected chi connectivity index (χ4v) is 2.62. The average molecular weight is 238 g/mol. The number of nitrogens with one attached hydrogen (secondary N) is 1. The molecule has 1 aromatic heterocycles. The number of rotatable bonds is 3. The molecule has 0 aliphatic rings. The predicted molar refractivity (Wildman–Crippen MR) is 57.9 cm³/mol. The van der Waals surface area contributed by atoms with Crippen LogP contribution in [-0.2, 0) is 9.84 Å². The second-order valence-corrected chi connectivity index (χ2v) is 4.92. The van der Waals surface area contributed by atoms with Crippen LogP contribution in [0.15, 0.2) is 51.1 Å². The number of hydrogen-bond acceptors (Lipinski definition) is 5. The van der Waals surface area contributed by atoms with Crippen molar-refractivity contribution in [3.8, 4) is 0 Å². The summed E-state index contributed by atoms with van der Waals surface area (Å²) in [4.78, 5) is 3.91. The van der Waals surface area contributed by atoms with Gasteiger partial charge in [0.05, 0.1) is 4.90 Å². The Kier molecular flexibility index (Phi) is 2.66. The Morgan fingerprint density at radius 3 is 2.56 bits per heavy atom. The predicted octanol–water partition coefficient (Wildman–Crippen LogP) is 1.55. The van der Waals surface area contributed by atoms with Crippen molar-refractivity contribution < 1.29 is 12.8 Å². The molecule has 1 heterocycles. The molecule has 0 aliphatic carbocycles. The first kappa shape index (κ1) is 10.7. The van der Waals surface area contributed by atoms with Gasteiger partial charge >= 0.3 is 0 Å². The van der Waals surface area contributed by atoms with Crippen molar-refractivity contribution in [3.63, 3.8) is 0 Å². The Balaban J connectivity index is 2.56. The summed E-state index contributed by atoms with van der Waals surface area (Å²) in [7, 11) is -2.03. The van der Waals surface area contributed by atoms with E-state index in [4.69, 9.17) is 4.42 Å². The molecule has 1 aromatic carbocycles. The second kappa shape index (κ2) is 3.97. The summed E-state index contributed by atoms with van der Waals surface area (Å²) in [5, 5.41) is 2.55. The van der Waals surface area contributed by atoms with Crippen molar-refractivity contribution in [2.75, 3.05) is 12.4 Å². The van der Waals surface area contributed by atoms with E-state index in [1.54, 1.807) is 25.2 Å². The fourth-order valence-electron chi connectivity index (χ4n) is 1.30. The van der Waals surface area contributed by atoms with Gasteiger partial charge in [0, 0.05) is 7.05 Å². The first-order valence-electron chi connectivity index (χ1n) is 4.57. The number of sulfone groups is 1. The highest BCUT2D eigenvalue weighted by molar-refractivity contribution is 7.91. The van der Waals surface area contributed by atoms with Gasteiger partial charge in [-0.2, -0.15) is 0 Å². The maximum absolute atomic E-state index is 12.1. The third-order valence-electron chi connectivity index (χ3n) is 2.07. The first-order valence-corrected chi connectivity index (χ1v) is 6.06. The van der Waals surface area contributed by atoms with Crippen LogP contribution in [0, 0.1) is 0 Å². The molecule has 0 radical (unpaired) electrons. The van der Waals surface area contributed by atoms with Gasteiger partial charge in [-0.1, -0.05) is 18.2 Å². The molecule has 0 amide bonds. The summed E-state index contributed by atoms with van der Waals surface area (Å²) in [5.74, 6) is 0.142. The van der Waals surface area contributed by atoms with E-state index >= 15 is 0 Å². The maximum Gasteiger partial charge on any atom is 0.232 e. The van der Waals surface area contributed by atoms with E-state index in [-0.39, 0.29) is 15.8 Å². The molecule has 6 heteroatoms. The number of anilines is 1. The van der Waals surface area contributed by atoms with Crippen LogP contribution in [0.2, 0.25) is 0 Å². The molecule has 0 bridgehead atoms. The van der Waals surface area contributed by atoms with E-state index in [2.05, 4.69) is 10.3 Å². The van der Waals surface area contributed by atoms with Gasteiger partial charge in [-0.15, -0.1) is 0 Å². The first-order chi connectivity index (χ1) is 7.66. The Morgan fingerprint density at radius 1 is 1.25 bits per heavy atom. The highest BCUT2D eigenvalue weighted by Crippen LogP contribution is 2.25. The number of hydrogen-bond donors (Lipinski definition) is 1. The lowest BCUT2D eigenvalue weighted by atomic mass is 10.4.